The normalized spacial score (nSPS) is 14.3. The van der Waals surface area contributed by atoms with Crippen LogP contribution in [-0.4, -0.2) is 44.6 Å². The molecule has 2 aromatic rings. The first kappa shape index (κ1) is 22.9. The zero-order valence-corrected chi connectivity index (χ0v) is 17.3. The molecule has 0 atom stereocenters. The molecule has 1 heterocycles. The van der Waals surface area contributed by atoms with E-state index in [1.807, 2.05) is 4.90 Å². The fourth-order valence-electron chi connectivity index (χ4n) is 3.13. The number of nitrogens with one attached hydrogen (secondary N) is 1. The maximum Gasteiger partial charge on any atom is 0.416 e. The third-order valence-electron chi connectivity index (χ3n) is 4.63. The van der Waals surface area contributed by atoms with Crippen LogP contribution in [0.1, 0.15) is 22.8 Å². The molecule has 1 N–H and O–H groups in total. The number of hydrogen-bond donors (Lipinski definition) is 1. The standard InChI is InChI=1S/C21H20ClF3N2O4/c1-13(28)16-11-15(22)3-5-19(16)31-12-20(29)26-17-10-14(21(23,24)25)2-4-18(17)27-6-8-30-9-7-27/h2-5,10-11H,6-9,12H2,1H3,(H,26,29). The van der Waals surface area contributed by atoms with Crippen molar-refractivity contribution < 1.29 is 32.2 Å². The Balaban J connectivity index is 1.79. The van der Waals surface area contributed by atoms with Gasteiger partial charge in [0, 0.05) is 18.1 Å². The van der Waals surface area contributed by atoms with Gasteiger partial charge in [-0.3, -0.25) is 9.59 Å². The second kappa shape index (κ2) is 9.57. The van der Waals surface area contributed by atoms with Crippen LogP contribution in [0.15, 0.2) is 36.4 Å². The van der Waals surface area contributed by atoms with Crippen molar-refractivity contribution in [1.29, 1.82) is 0 Å². The summed E-state index contributed by atoms with van der Waals surface area (Å²) in [7, 11) is 0. The Bertz CT molecular complexity index is 976. The lowest BCUT2D eigenvalue weighted by atomic mass is 10.1. The fourth-order valence-corrected chi connectivity index (χ4v) is 3.30. The Labute approximate surface area is 181 Å². The molecule has 0 bridgehead atoms. The minimum absolute atomic E-state index is 0.0215. The van der Waals surface area contributed by atoms with E-state index in [9.17, 15) is 22.8 Å². The molecule has 1 fully saturated rings. The number of amides is 1. The number of nitrogens with zero attached hydrogens (tertiary/aromatic N) is 1. The van der Waals surface area contributed by atoms with Gasteiger partial charge in [-0.25, -0.2) is 0 Å². The number of benzene rings is 2. The number of alkyl halides is 3. The SMILES string of the molecule is CC(=O)c1cc(Cl)ccc1OCC(=O)Nc1cc(C(F)(F)F)ccc1N1CCOCC1. The summed E-state index contributed by atoms with van der Waals surface area (Å²) in [6.45, 7) is 2.66. The Hall–Kier alpha value is -2.78. The van der Waals surface area contributed by atoms with Crippen LogP contribution >= 0.6 is 11.6 Å². The summed E-state index contributed by atoms with van der Waals surface area (Å²) in [5, 5.41) is 2.83. The van der Waals surface area contributed by atoms with Gasteiger partial charge in [-0.2, -0.15) is 13.2 Å². The van der Waals surface area contributed by atoms with E-state index in [-0.39, 0.29) is 22.8 Å². The van der Waals surface area contributed by atoms with Crippen molar-refractivity contribution in [2.45, 2.75) is 13.1 Å². The van der Waals surface area contributed by atoms with Gasteiger partial charge < -0.3 is 19.7 Å². The second-order valence-electron chi connectivity index (χ2n) is 6.86. The first-order chi connectivity index (χ1) is 14.6. The van der Waals surface area contributed by atoms with Crippen LogP contribution in [0.4, 0.5) is 24.5 Å². The number of morpholine rings is 1. The van der Waals surface area contributed by atoms with E-state index in [2.05, 4.69) is 5.32 Å². The third kappa shape index (κ3) is 5.89. The first-order valence-electron chi connectivity index (χ1n) is 9.42. The van der Waals surface area contributed by atoms with Crippen LogP contribution in [0.25, 0.3) is 0 Å². The number of carbonyl (C=O) groups is 2. The molecule has 1 saturated heterocycles. The number of ketones is 1. The minimum atomic E-state index is -4.56. The van der Waals surface area contributed by atoms with E-state index in [0.29, 0.717) is 37.0 Å². The van der Waals surface area contributed by atoms with E-state index < -0.39 is 24.3 Å². The molecule has 0 saturated carbocycles. The topological polar surface area (TPSA) is 67.9 Å². The van der Waals surface area contributed by atoms with Gasteiger partial charge in [0.2, 0.25) is 0 Å². The van der Waals surface area contributed by atoms with Crippen LogP contribution in [0.2, 0.25) is 5.02 Å². The first-order valence-corrected chi connectivity index (χ1v) is 9.80. The number of ether oxygens (including phenoxy) is 2. The molecule has 0 radical (unpaired) electrons. The van der Waals surface area contributed by atoms with E-state index in [0.717, 1.165) is 12.1 Å². The smallest absolute Gasteiger partial charge is 0.416 e. The molecule has 0 unspecified atom stereocenters. The molecule has 2 aromatic carbocycles. The number of rotatable bonds is 6. The van der Waals surface area contributed by atoms with Crippen LogP contribution in [-0.2, 0) is 15.7 Å². The van der Waals surface area contributed by atoms with Gasteiger partial charge in [0.25, 0.3) is 5.91 Å². The molecular weight excluding hydrogens is 437 g/mol. The average molecular weight is 457 g/mol. The predicted molar refractivity (Wildman–Crippen MR) is 110 cm³/mol. The Kier molecular flexibility index (Phi) is 7.07. The Morgan fingerprint density at radius 1 is 1.16 bits per heavy atom. The van der Waals surface area contributed by atoms with Gasteiger partial charge in [0.15, 0.2) is 12.4 Å². The lowest BCUT2D eigenvalue weighted by Gasteiger charge is -2.31. The van der Waals surface area contributed by atoms with Crippen molar-refractivity contribution in [3.63, 3.8) is 0 Å². The average Bonchev–Trinajstić information content (AvgIpc) is 2.72. The minimum Gasteiger partial charge on any atom is -0.483 e. The molecule has 3 rings (SSSR count). The lowest BCUT2D eigenvalue weighted by molar-refractivity contribution is -0.137. The number of anilines is 2. The van der Waals surface area contributed by atoms with Gasteiger partial charge >= 0.3 is 6.18 Å². The van der Waals surface area contributed by atoms with Crippen molar-refractivity contribution in [2.75, 3.05) is 43.1 Å². The molecule has 6 nitrogen and oxygen atoms in total. The predicted octanol–water partition coefficient (Wildman–Crippen LogP) is 4.42. The summed E-state index contributed by atoms with van der Waals surface area (Å²) in [5.41, 5.74) is -0.195. The highest BCUT2D eigenvalue weighted by atomic mass is 35.5. The summed E-state index contributed by atoms with van der Waals surface area (Å²) >= 11 is 5.88. The third-order valence-corrected chi connectivity index (χ3v) is 4.86. The van der Waals surface area contributed by atoms with E-state index in [1.54, 1.807) is 0 Å². The van der Waals surface area contributed by atoms with E-state index >= 15 is 0 Å². The Morgan fingerprint density at radius 3 is 2.52 bits per heavy atom. The summed E-state index contributed by atoms with van der Waals surface area (Å²) in [6, 6.07) is 7.58. The monoisotopic (exact) mass is 456 g/mol. The van der Waals surface area contributed by atoms with Gasteiger partial charge in [0.05, 0.1) is 35.7 Å². The second-order valence-corrected chi connectivity index (χ2v) is 7.30. The number of hydrogen-bond acceptors (Lipinski definition) is 5. The van der Waals surface area contributed by atoms with Crippen LogP contribution in [0.3, 0.4) is 0 Å². The van der Waals surface area contributed by atoms with Crippen molar-refractivity contribution in [2.24, 2.45) is 0 Å². The van der Waals surface area contributed by atoms with Gasteiger partial charge in [-0.05, 0) is 43.3 Å². The number of halogens is 4. The zero-order valence-electron chi connectivity index (χ0n) is 16.6. The summed E-state index contributed by atoms with van der Waals surface area (Å²) in [6.07, 6.45) is -4.56. The highest BCUT2D eigenvalue weighted by Crippen LogP contribution is 2.36. The zero-order chi connectivity index (χ0) is 22.6. The molecular formula is C21H20ClF3N2O4. The van der Waals surface area contributed by atoms with Crippen LogP contribution in [0.5, 0.6) is 5.75 Å². The molecule has 1 aliphatic rings. The van der Waals surface area contributed by atoms with E-state index in [1.165, 1.54) is 31.2 Å². The maximum atomic E-state index is 13.2. The maximum absolute atomic E-state index is 13.2. The molecule has 1 amide bonds. The molecule has 31 heavy (non-hydrogen) atoms. The largest absolute Gasteiger partial charge is 0.483 e. The van der Waals surface area contributed by atoms with Crippen LogP contribution < -0.4 is 15.0 Å². The summed E-state index contributed by atoms with van der Waals surface area (Å²) in [5.74, 6) is -0.812. The summed E-state index contributed by atoms with van der Waals surface area (Å²) in [4.78, 5) is 26.0. The quantitative estimate of drug-likeness (QED) is 0.652. The fraction of sp³-hybridized carbons (Fsp3) is 0.333. The van der Waals surface area contributed by atoms with E-state index in [4.69, 9.17) is 21.1 Å². The highest BCUT2D eigenvalue weighted by Gasteiger charge is 2.32. The van der Waals surface area contributed by atoms with Crippen LogP contribution in [0, 0.1) is 0 Å². The summed E-state index contributed by atoms with van der Waals surface area (Å²) < 4.78 is 50.3. The molecule has 0 aliphatic carbocycles. The van der Waals surface area contributed by atoms with Gasteiger partial charge in [-0.1, -0.05) is 11.6 Å². The van der Waals surface area contributed by atoms with Crippen molar-refractivity contribution in [3.8, 4) is 5.75 Å². The highest BCUT2D eigenvalue weighted by molar-refractivity contribution is 6.31. The molecule has 166 valence electrons. The number of carbonyl (C=O) groups excluding carboxylic acids is 2. The number of Topliss-reactive ketones (excluding diaryl/α,β-unsaturated/α-hetero) is 1. The lowest BCUT2D eigenvalue weighted by Crippen LogP contribution is -2.37. The Morgan fingerprint density at radius 2 is 1.87 bits per heavy atom. The molecule has 0 aromatic heterocycles. The van der Waals surface area contributed by atoms with Crippen molar-refractivity contribution in [1.82, 2.24) is 0 Å². The van der Waals surface area contributed by atoms with Gasteiger partial charge in [0.1, 0.15) is 5.75 Å². The molecule has 1 aliphatic heterocycles. The van der Waals surface area contributed by atoms with Crippen molar-refractivity contribution in [3.05, 3.63) is 52.5 Å². The van der Waals surface area contributed by atoms with Crippen molar-refractivity contribution >= 4 is 34.7 Å². The van der Waals surface area contributed by atoms with Gasteiger partial charge in [-0.15, -0.1) is 0 Å². The molecule has 0 spiro atoms. The molecule has 10 heteroatoms.